The molecule has 33 heavy (non-hydrogen) atoms. The summed E-state index contributed by atoms with van der Waals surface area (Å²) in [4.78, 5) is 20.4. The maximum absolute atomic E-state index is 12.8. The first kappa shape index (κ1) is 21.0. The average Bonchev–Trinajstić information content (AvgIpc) is 3.20. The van der Waals surface area contributed by atoms with Gasteiger partial charge in [0.1, 0.15) is 17.0 Å². The second-order valence-corrected chi connectivity index (χ2v) is 7.71. The molecule has 0 fully saturated rings. The van der Waals surface area contributed by atoms with E-state index in [4.69, 9.17) is 11.6 Å². The van der Waals surface area contributed by atoms with Crippen molar-refractivity contribution in [2.24, 2.45) is 0 Å². The number of aromatic amines is 1. The number of nitrogens with one attached hydrogen (secondary N) is 1. The van der Waals surface area contributed by atoms with Gasteiger partial charge in [0, 0.05) is 22.0 Å². The Labute approximate surface area is 189 Å². The Kier molecular flexibility index (Phi) is 4.86. The molecule has 0 saturated heterocycles. The van der Waals surface area contributed by atoms with Crippen molar-refractivity contribution in [3.05, 3.63) is 81.7 Å². The van der Waals surface area contributed by atoms with Gasteiger partial charge in [0.25, 0.3) is 0 Å². The summed E-state index contributed by atoms with van der Waals surface area (Å²) in [5, 5.41) is 5.29. The standard InChI is InChI=1S/C23H14ClF3N4O2/c1-12-20(28-16-5-3-2-4-15(16)21(12)32)17-10-19-22(24)29-18(11-31(19)30-17)13-6-8-14(9-7-13)33-23(25,26)27/h2-11H,1H3,(H,28,32). The van der Waals surface area contributed by atoms with Gasteiger partial charge in [-0.2, -0.15) is 5.10 Å². The number of aromatic nitrogens is 4. The molecule has 0 amide bonds. The molecule has 3 heterocycles. The van der Waals surface area contributed by atoms with Crippen molar-refractivity contribution in [3.63, 3.8) is 0 Å². The molecule has 0 radical (unpaired) electrons. The number of benzene rings is 2. The lowest BCUT2D eigenvalue weighted by molar-refractivity contribution is -0.274. The monoisotopic (exact) mass is 470 g/mol. The van der Waals surface area contributed by atoms with Crippen molar-refractivity contribution >= 4 is 28.0 Å². The van der Waals surface area contributed by atoms with Crippen LogP contribution in [0.4, 0.5) is 13.2 Å². The summed E-state index contributed by atoms with van der Waals surface area (Å²) in [6, 6.07) is 14.2. The Hall–Kier alpha value is -3.85. The van der Waals surface area contributed by atoms with Crippen LogP contribution in [0.1, 0.15) is 5.56 Å². The lowest BCUT2D eigenvalue weighted by atomic mass is 10.1. The highest BCUT2D eigenvalue weighted by Gasteiger charge is 2.31. The maximum atomic E-state index is 12.8. The minimum Gasteiger partial charge on any atom is -0.406 e. The van der Waals surface area contributed by atoms with Crippen LogP contribution in [0.15, 0.2) is 65.6 Å². The number of nitrogens with zero attached hydrogens (tertiary/aromatic N) is 3. The second kappa shape index (κ2) is 7.63. The third-order valence-electron chi connectivity index (χ3n) is 5.20. The smallest absolute Gasteiger partial charge is 0.406 e. The molecule has 1 N–H and O–H groups in total. The molecule has 3 aromatic heterocycles. The first-order valence-corrected chi connectivity index (χ1v) is 10.1. The van der Waals surface area contributed by atoms with Crippen LogP contribution < -0.4 is 10.2 Å². The average molecular weight is 471 g/mol. The van der Waals surface area contributed by atoms with Crippen molar-refractivity contribution in [1.29, 1.82) is 0 Å². The lowest BCUT2D eigenvalue weighted by Crippen LogP contribution is -2.16. The van der Waals surface area contributed by atoms with Crippen LogP contribution in [-0.2, 0) is 0 Å². The number of halogens is 4. The van der Waals surface area contributed by atoms with Gasteiger partial charge in [-0.3, -0.25) is 4.79 Å². The number of fused-ring (bicyclic) bond motifs is 2. The Morgan fingerprint density at radius 2 is 1.79 bits per heavy atom. The van der Waals surface area contributed by atoms with E-state index in [2.05, 4.69) is 19.8 Å². The molecule has 6 nitrogen and oxygen atoms in total. The van der Waals surface area contributed by atoms with Crippen LogP contribution in [0, 0.1) is 6.92 Å². The molecule has 0 aliphatic heterocycles. The van der Waals surface area contributed by atoms with E-state index in [0.29, 0.717) is 44.6 Å². The van der Waals surface area contributed by atoms with E-state index in [-0.39, 0.29) is 16.3 Å². The van der Waals surface area contributed by atoms with E-state index >= 15 is 0 Å². The van der Waals surface area contributed by atoms with Gasteiger partial charge in [-0.15, -0.1) is 13.2 Å². The minimum atomic E-state index is -4.77. The number of para-hydroxylation sites is 1. The summed E-state index contributed by atoms with van der Waals surface area (Å²) < 4.78 is 42.6. The van der Waals surface area contributed by atoms with Gasteiger partial charge < -0.3 is 9.72 Å². The zero-order chi connectivity index (χ0) is 23.3. The molecule has 10 heteroatoms. The van der Waals surface area contributed by atoms with E-state index in [1.807, 2.05) is 12.1 Å². The molecule has 0 atom stereocenters. The summed E-state index contributed by atoms with van der Waals surface area (Å²) in [7, 11) is 0. The molecule has 5 rings (SSSR count). The quantitative estimate of drug-likeness (QED) is 0.363. The SMILES string of the molecule is Cc1c(-c2cc3c(Cl)nc(-c4ccc(OC(F)(F)F)cc4)cn3n2)[nH]c2ccccc2c1=O. The van der Waals surface area contributed by atoms with E-state index < -0.39 is 6.36 Å². The predicted molar refractivity (Wildman–Crippen MR) is 118 cm³/mol. The first-order chi connectivity index (χ1) is 15.7. The topological polar surface area (TPSA) is 72.3 Å². The van der Waals surface area contributed by atoms with E-state index in [1.165, 1.54) is 28.8 Å². The first-order valence-electron chi connectivity index (χ1n) is 9.74. The molecule has 0 saturated carbocycles. The zero-order valence-corrected chi connectivity index (χ0v) is 17.7. The van der Waals surface area contributed by atoms with Gasteiger partial charge in [0.05, 0.1) is 17.6 Å². The maximum Gasteiger partial charge on any atom is 0.573 e. The predicted octanol–water partition coefficient (Wildman–Crippen LogP) is 5.77. The lowest BCUT2D eigenvalue weighted by Gasteiger charge is -2.09. The van der Waals surface area contributed by atoms with Crippen molar-refractivity contribution in [1.82, 2.24) is 19.6 Å². The van der Waals surface area contributed by atoms with Crippen LogP contribution in [-0.4, -0.2) is 25.9 Å². The minimum absolute atomic E-state index is 0.0949. The molecule has 166 valence electrons. The van der Waals surface area contributed by atoms with Gasteiger partial charge in [-0.25, -0.2) is 9.50 Å². The summed E-state index contributed by atoms with van der Waals surface area (Å²) in [5.74, 6) is -0.337. The van der Waals surface area contributed by atoms with Gasteiger partial charge >= 0.3 is 6.36 Å². The summed E-state index contributed by atoms with van der Waals surface area (Å²) in [5.41, 5.74) is 3.63. The van der Waals surface area contributed by atoms with Gasteiger partial charge in [0.2, 0.25) is 0 Å². The largest absolute Gasteiger partial charge is 0.573 e. The zero-order valence-electron chi connectivity index (χ0n) is 16.9. The molecule has 0 spiro atoms. The molecule has 0 unspecified atom stereocenters. The molecule has 2 aromatic carbocycles. The summed E-state index contributed by atoms with van der Waals surface area (Å²) in [6.45, 7) is 1.72. The van der Waals surface area contributed by atoms with Gasteiger partial charge in [-0.05, 0) is 49.4 Å². The van der Waals surface area contributed by atoms with Crippen LogP contribution in [0.5, 0.6) is 5.75 Å². The Bertz CT molecular complexity index is 1570. The summed E-state index contributed by atoms with van der Waals surface area (Å²) in [6.07, 6.45) is -3.16. The van der Waals surface area contributed by atoms with Crippen molar-refractivity contribution in [2.75, 3.05) is 0 Å². The normalized spacial score (nSPS) is 11.9. The number of hydrogen-bond donors (Lipinski definition) is 1. The number of pyridine rings is 1. The van der Waals surface area contributed by atoms with Gasteiger partial charge in [0.15, 0.2) is 10.6 Å². The molecule has 5 aromatic rings. The van der Waals surface area contributed by atoms with Crippen LogP contribution >= 0.6 is 11.6 Å². The Balaban J connectivity index is 1.58. The third kappa shape index (κ3) is 3.91. The highest BCUT2D eigenvalue weighted by atomic mass is 35.5. The highest BCUT2D eigenvalue weighted by molar-refractivity contribution is 6.32. The van der Waals surface area contributed by atoms with Crippen LogP contribution in [0.25, 0.3) is 39.1 Å². The van der Waals surface area contributed by atoms with Crippen LogP contribution in [0.3, 0.4) is 0 Å². The van der Waals surface area contributed by atoms with E-state index in [0.717, 1.165) is 0 Å². The van der Waals surface area contributed by atoms with E-state index in [9.17, 15) is 18.0 Å². The van der Waals surface area contributed by atoms with Crippen LogP contribution in [0.2, 0.25) is 5.15 Å². The number of H-pyrrole nitrogens is 1. The molecule has 0 aliphatic carbocycles. The molecule has 0 aliphatic rings. The molecule has 0 bridgehead atoms. The Morgan fingerprint density at radius 3 is 2.52 bits per heavy atom. The fourth-order valence-corrected chi connectivity index (χ4v) is 3.87. The van der Waals surface area contributed by atoms with E-state index in [1.54, 1.807) is 31.3 Å². The van der Waals surface area contributed by atoms with Crippen molar-refractivity contribution < 1.29 is 17.9 Å². The van der Waals surface area contributed by atoms with Gasteiger partial charge in [-0.1, -0.05) is 23.7 Å². The number of ether oxygens (including phenoxy) is 1. The number of rotatable bonds is 3. The third-order valence-corrected chi connectivity index (χ3v) is 5.48. The molecular weight excluding hydrogens is 457 g/mol. The summed E-state index contributed by atoms with van der Waals surface area (Å²) >= 11 is 6.38. The fraction of sp³-hybridized carbons (Fsp3) is 0.0870. The second-order valence-electron chi connectivity index (χ2n) is 7.35. The Morgan fingerprint density at radius 1 is 1.06 bits per heavy atom. The van der Waals surface area contributed by atoms with Crippen molar-refractivity contribution in [3.8, 4) is 28.4 Å². The fourth-order valence-electron chi connectivity index (χ4n) is 3.63. The number of alkyl halides is 3. The molecular formula is C23H14ClF3N4O2. The van der Waals surface area contributed by atoms with Crippen molar-refractivity contribution in [2.45, 2.75) is 13.3 Å². The highest BCUT2D eigenvalue weighted by Crippen LogP contribution is 2.29. The number of hydrogen-bond acceptors (Lipinski definition) is 4.